The molecule has 0 aliphatic carbocycles. The zero-order chi connectivity index (χ0) is 22.9. The minimum absolute atomic E-state index is 0.00128. The molecule has 1 saturated heterocycles. The van der Waals surface area contributed by atoms with E-state index in [-0.39, 0.29) is 37.0 Å². The summed E-state index contributed by atoms with van der Waals surface area (Å²) in [6.07, 6.45) is -3.70. The lowest BCUT2D eigenvalue weighted by molar-refractivity contribution is -0.137. The molecule has 0 radical (unpaired) electrons. The number of fused-ring (bicyclic) bond motifs is 1. The number of benzene rings is 2. The normalized spacial score (nSPS) is 20.8. The predicted molar refractivity (Wildman–Crippen MR) is 111 cm³/mol. The Balaban J connectivity index is 1.41. The third-order valence-electron chi connectivity index (χ3n) is 5.63. The van der Waals surface area contributed by atoms with Crippen LogP contribution in [0.1, 0.15) is 35.2 Å². The van der Waals surface area contributed by atoms with Crippen LogP contribution in [0.2, 0.25) is 0 Å². The second kappa shape index (κ2) is 8.18. The van der Waals surface area contributed by atoms with Gasteiger partial charge in [-0.25, -0.2) is 0 Å². The second-order valence-electron chi connectivity index (χ2n) is 7.90. The van der Waals surface area contributed by atoms with Gasteiger partial charge >= 0.3 is 6.18 Å². The van der Waals surface area contributed by atoms with Gasteiger partial charge < -0.3 is 20.9 Å². The Morgan fingerprint density at radius 3 is 2.62 bits per heavy atom. The van der Waals surface area contributed by atoms with Crippen molar-refractivity contribution in [3.05, 3.63) is 59.7 Å². The number of alkyl halides is 3. The van der Waals surface area contributed by atoms with E-state index in [4.69, 9.17) is 0 Å². The molecule has 2 aliphatic rings. The number of halogens is 3. The van der Waals surface area contributed by atoms with E-state index in [2.05, 4.69) is 16.0 Å². The number of carbonyl (C=O) groups excluding carboxylic acids is 3. The van der Waals surface area contributed by atoms with Crippen molar-refractivity contribution in [1.82, 2.24) is 10.2 Å². The first-order chi connectivity index (χ1) is 15.2. The van der Waals surface area contributed by atoms with E-state index in [0.29, 0.717) is 24.1 Å². The SMILES string of the molecule is O=C(CN1CCC2(CCC1=O)NC(=O)c1ccccc1N2)Nc1cccc(C(F)(F)F)c1. The molecule has 2 heterocycles. The van der Waals surface area contributed by atoms with Crippen LogP contribution in [0.15, 0.2) is 48.5 Å². The van der Waals surface area contributed by atoms with Crippen LogP contribution in [0, 0.1) is 0 Å². The van der Waals surface area contributed by atoms with E-state index in [9.17, 15) is 27.6 Å². The maximum Gasteiger partial charge on any atom is 0.416 e. The molecule has 3 amide bonds. The van der Waals surface area contributed by atoms with Gasteiger partial charge in [-0.1, -0.05) is 18.2 Å². The molecule has 168 valence electrons. The van der Waals surface area contributed by atoms with Crippen molar-refractivity contribution >= 4 is 29.1 Å². The molecule has 2 aromatic carbocycles. The van der Waals surface area contributed by atoms with Gasteiger partial charge in [-0.3, -0.25) is 14.4 Å². The van der Waals surface area contributed by atoms with E-state index in [1.165, 1.54) is 17.0 Å². The summed E-state index contributed by atoms with van der Waals surface area (Å²) < 4.78 is 38.6. The van der Waals surface area contributed by atoms with Crippen LogP contribution in [-0.4, -0.2) is 41.4 Å². The van der Waals surface area contributed by atoms with Crippen LogP contribution in [0.4, 0.5) is 24.5 Å². The Labute approximate surface area is 182 Å². The van der Waals surface area contributed by atoms with Crippen LogP contribution < -0.4 is 16.0 Å². The van der Waals surface area contributed by atoms with Gasteiger partial charge in [-0.05, 0) is 36.8 Å². The molecule has 32 heavy (non-hydrogen) atoms. The van der Waals surface area contributed by atoms with E-state index in [1.54, 1.807) is 18.2 Å². The van der Waals surface area contributed by atoms with Gasteiger partial charge in [0.15, 0.2) is 0 Å². The average molecular weight is 446 g/mol. The Bertz CT molecular complexity index is 1070. The first-order valence-corrected chi connectivity index (χ1v) is 10.1. The highest BCUT2D eigenvalue weighted by atomic mass is 19.4. The quantitative estimate of drug-likeness (QED) is 0.676. The van der Waals surface area contributed by atoms with E-state index >= 15 is 0 Å². The summed E-state index contributed by atoms with van der Waals surface area (Å²) in [5.41, 5.74) is -0.484. The Hall–Kier alpha value is -3.56. The van der Waals surface area contributed by atoms with Crippen molar-refractivity contribution in [3.8, 4) is 0 Å². The van der Waals surface area contributed by atoms with E-state index in [1.807, 2.05) is 6.07 Å². The fourth-order valence-corrected chi connectivity index (χ4v) is 3.98. The molecule has 1 fully saturated rings. The van der Waals surface area contributed by atoms with Crippen LogP contribution in [0.25, 0.3) is 0 Å². The molecule has 2 aromatic rings. The summed E-state index contributed by atoms with van der Waals surface area (Å²) in [5, 5.41) is 8.68. The number of anilines is 2. The lowest BCUT2D eigenvalue weighted by Crippen LogP contribution is -2.58. The largest absolute Gasteiger partial charge is 0.416 e. The maximum atomic E-state index is 12.9. The molecule has 4 rings (SSSR count). The minimum atomic E-state index is -4.52. The fraction of sp³-hybridized carbons (Fsp3) is 0.318. The molecule has 2 aliphatic heterocycles. The first kappa shape index (κ1) is 21.7. The molecule has 1 spiro atoms. The molecule has 7 nitrogen and oxygen atoms in total. The smallest absolute Gasteiger partial charge is 0.362 e. The van der Waals surface area contributed by atoms with Gasteiger partial charge in [-0.2, -0.15) is 13.2 Å². The first-order valence-electron chi connectivity index (χ1n) is 10.1. The average Bonchev–Trinajstić information content (AvgIpc) is 2.88. The van der Waals surface area contributed by atoms with Crippen molar-refractivity contribution in [1.29, 1.82) is 0 Å². The number of hydrogen-bond donors (Lipinski definition) is 3. The number of para-hydroxylation sites is 1. The number of nitrogens with one attached hydrogen (secondary N) is 3. The molecule has 0 saturated carbocycles. The number of rotatable bonds is 3. The van der Waals surface area contributed by atoms with Gasteiger partial charge in [0, 0.05) is 30.8 Å². The van der Waals surface area contributed by atoms with E-state index < -0.39 is 23.3 Å². The number of hydrogen-bond acceptors (Lipinski definition) is 4. The Morgan fingerprint density at radius 1 is 1.06 bits per heavy atom. The molecule has 0 aromatic heterocycles. The number of likely N-dealkylation sites (tertiary alicyclic amines) is 1. The molecule has 1 unspecified atom stereocenters. The van der Waals surface area contributed by atoms with Crippen molar-refractivity contribution in [3.63, 3.8) is 0 Å². The highest BCUT2D eigenvalue weighted by molar-refractivity contribution is 6.02. The summed E-state index contributed by atoms with van der Waals surface area (Å²) >= 11 is 0. The third kappa shape index (κ3) is 4.53. The highest BCUT2D eigenvalue weighted by Crippen LogP contribution is 2.32. The van der Waals surface area contributed by atoms with Gasteiger partial charge in [0.1, 0.15) is 5.66 Å². The number of carbonyl (C=O) groups is 3. The van der Waals surface area contributed by atoms with Crippen LogP contribution in [0.5, 0.6) is 0 Å². The third-order valence-corrected chi connectivity index (χ3v) is 5.63. The van der Waals surface area contributed by atoms with Gasteiger partial charge in [0.25, 0.3) is 5.91 Å². The van der Waals surface area contributed by atoms with Crippen molar-refractivity contribution in [2.24, 2.45) is 0 Å². The summed E-state index contributed by atoms with van der Waals surface area (Å²) in [6.45, 7) is -0.0972. The standard InChI is InChI=1S/C22H21F3N4O3/c23-22(24,25)14-4-3-5-15(12-14)26-18(30)13-29-11-10-21(9-8-19(29)31)27-17-7-2-1-6-16(17)20(32)28-21/h1-7,12,27H,8-11,13H2,(H,26,30)(H,28,32). The fourth-order valence-electron chi connectivity index (χ4n) is 3.98. The van der Waals surface area contributed by atoms with Gasteiger partial charge in [-0.15, -0.1) is 0 Å². The number of nitrogens with zero attached hydrogens (tertiary/aromatic N) is 1. The lowest BCUT2D eigenvalue weighted by atomic mass is 9.95. The monoisotopic (exact) mass is 446 g/mol. The summed E-state index contributed by atoms with van der Waals surface area (Å²) in [6, 6.07) is 11.4. The summed E-state index contributed by atoms with van der Waals surface area (Å²) in [7, 11) is 0. The second-order valence-corrected chi connectivity index (χ2v) is 7.90. The Kier molecular flexibility index (Phi) is 5.53. The van der Waals surface area contributed by atoms with Crippen molar-refractivity contribution < 1.29 is 27.6 Å². The number of amides is 3. The van der Waals surface area contributed by atoms with Crippen LogP contribution in [-0.2, 0) is 15.8 Å². The molecule has 1 atom stereocenters. The van der Waals surface area contributed by atoms with Crippen LogP contribution in [0.3, 0.4) is 0 Å². The molecule has 3 N–H and O–H groups in total. The van der Waals surface area contributed by atoms with Crippen LogP contribution >= 0.6 is 0 Å². The lowest BCUT2D eigenvalue weighted by Gasteiger charge is -2.39. The molecule has 0 bridgehead atoms. The van der Waals surface area contributed by atoms with Crippen molar-refractivity contribution in [2.45, 2.75) is 31.1 Å². The van der Waals surface area contributed by atoms with Gasteiger partial charge in [0.2, 0.25) is 11.8 Å². The summed E-state index contributed by atoms with van der Waals surface area (Å²) in [5.74, 6) is -1.10. The zero-order valence-electron chi connectivity index (χ0n) is 17.0. The van der Waals surface area contributed by atoms with E-state index in [0.717, 1.165) is 12.1 Å². The maximum absolute atomic E-state index is 12.9. The molecular formula is C22H21F3N4O3. The topological polar surface area (TPSA) is 90.5 Å². The summed E-state index contributed by atoms with van der Waals surface area (Å²) in [4.78, 5) is 38.9. The molecule has 10 heteroatoms. The molecular weight excluding hydrogens is 425 g/mol. The highest BCUT2D eigenvalue weighted by Gasteiger charge is 2.40. The van der Waals surface area contributed by atoms with Crippen molar-refractivity contribution in [2.75, 3.05) is 23.7 Å². The predicted octanol–water partition coefficient (Wildman–Crippen LogP) is 3.21. The van der Waals surface area contributed by atoms with Gasteiger partial charge in [0.05, 0.1) is 17.7 Å². The Morgan fingerprint density at radius 2 is 1.84 bits per heavy atom. The minimum Gasteiger partial charge on any atom is -0.362 e. The zero-order valence-corrected chi connectivity index (χ0v) is 17.0.